The van der Waals surface area contributed by atoms with Crippen LogP contribution >= 0.6 is 0 Å². The molecular weight excluding hydrogens is 244 g/mol. The highest BCUT2D eigenvalue weighted by Crippen LogP contribution is 2.06. The van der Waals surface area contributed by atoms with Gasteiger partial charge >= 0.3 is 0 Å². The molecule has 0 aromatic rings. The topological polar surface area (TPSA) is 62.0 Å². The molecule has 0 aromatic heterocycles. The van der Waals surface area contributed by atoms with Crippen LogP contribution in [0.1, 0.15) is 6.92 Å². The Morgan fingerprint density at radius 1 is 1.16 bits per heavy atom. The zero-order valence-electron chi connectivity index (χ0n) is 11.9. The number of carbonyl (C=O) groups is 1. The summed E-state index contributed by atoms with van der Waals surface area (Å²) >= 11 is 0. The molecule has 1 unspecified atom stereocenters. The van der Waals surface area contributed by atoms with Gasteiger partial charge in [-0.25, -0.2) is 0 Å². The molecule has 2 fully saturated rings. The Morgan fingerprint density at radius 2 is 1.79 bits per heavy atom. The molecule has 2 saturated heterocycles. The van der Waals surface area contributed by atoms with Gasteiger partial charge in [-0.15, -0.1) is 0 Å². The quantitative estimate of drug-likeness (QED) is 0.696. The molecule has 0 saturated carbocycles. The van der Waals surface area contributed by atoms with Gasteiger partial charge in [0.05, 0.1) is 19.8 Å². The van der Waals surface area contributed by atoms with Crippen molar-refractivity contribution in [2.45, 2.75) is 13.0 Å². The average Bonchev–Trinajstić information content (AvgIpc) is 2.48. The number of rotatable bonds is 4. The monoisotopic (exact) mass is 270 g/mol. The van der Waals surface area contributed by atoms with Gasteiger partial charge in [-0.1, -0.05) is 0 Å². The van der Waals surface area contributed by atoms with Gasteiger partial charge in [0.2, 0.25) is 5.91 Å². The van der Waals surface area contributed by atoms with E-state index >= 15 is 0 Å². The molecule has 110 valence electrons. The fourth-order valence-corrected chi connectivity index (χ4v) is 2.62. The Balaban J connectivity index is 1.71. The van der Waals surface area contributed by atoms with Gasteiger partial charge in [0.15, 0.2) is 0 Å². The standard InChI is InChI=1S/C13H26N4O2/c1-12(10-14)16-4-2-15(3-5-16)11-13(18)17-6-8-19-9-7-17/h12H,2-11,14H2,1H3. The van der Waals surface area contributed by atoms with Crippen LogP contribution in [-0.4, -0.2) is 92.2 Å². The molecule has 19 heavy (non-hydrogen) atoms. The van der Waals surface area contributed by atoms with Crippen LogP contribution < -0.4 is 5.73 Å². The number of hydrogen-bond donors (Lipinski definition) is 1. The van der Waals surface area contributed by atoms with Crippen LogP contribution in [0.5, 0.6) is 0 Å². The third-order valence-corrected chi connectivity index (χ3v) is 4.09. The van der Waals surface area contributed by atoms with Gasteiger partial charge in [0, 0.05) is 51.9 Å². The summed E-state index contributed by atoms with van der Waals surface area (Å²) in [7, 11) is 0. The van der Waals surface area contributed by atoms with E-state index in [1.165, 1.54) is 0 Å². The van der Waals surface area contributed by atoms with Crippen molar-refractivity contribution in [1.82, 2.24) is 14.7 Å². The Bertz CT molecular complexity index is 286. The van der Waals surface area contributed by atoms with Crippen molar-refractivity contribution < 1.29 is 9.53 Å². The van der Waals surface area contributed by atoms with Crippen LogP contribution in [-0.2, 0) is 9.53 Å². The predicted octanol–water partition coefficient (Wildman–Crippen LogP) is -1.19. The van der Waals surface area contributed by atoms with Crippen LogP contribution in [0.4, 0.5) is 0 Å². The first-order chi connectivity index (χ1) is 9.20. The van der Waals surface area contributed by atoms with Crippen molar-refractivity contribution in [2.75, 3.05) is 65.6 Å². The molecule has 6 heteroatoms. The number of morpholine rings is 1. The minimum atomic E-state index is 0.239. The number of nitrogens with zero attached hydrogens (tertiary/aromatic N) is 3. The lowest BCUT2D eigenvalue weighted by Gasteiger charge is -2.38. The van der Waals surface area contributed by atoms with Gasteiger partial charge < -0.3 is 15.4 Å². The summed E-state index contributed by atoms with van der Waals surface area (Å²) in [5.41, 5.74) is 5.69. The number of piperazine rings is 1. The molecule has 2 aliphatic heterocycles. The fourth-order valence-electron chi connectivity index (χ4n) is 2.62. The maximum atomic E-state index is 12.1. The largest absolute Gasteiger partial charge is 0.378 e. The molecular formula is C13H26N4O2. The number of nitrogens with two attached hydrogens (primary N) is 1. The Hall–Kier alpha value is -0.690. The lowest BCUT2D eigenvalue weighted by Crippen LogP contribution is -2.54. The van der Waals surface area contributed by atoms with Crippen LogP contribution in [0.3, 0.4) is 0 Å². The molecule has 2 aliphatic rings. The summed E-state index contributed by atoms with van der Waals surface area (Å²) < 4.78 is 5.27. The zero-order chi connectivity index (χ0) is 13.7. The number of ether oxygens (including phenoxy) is 1. The van der Waals surface area contributed by atoms with Gasteiger partial charge in [-0.3, -0.25) is 14.6 Å². The van der Waals surface area contributed by atoms with E-state index in [0.29, 0.717) is 32.3 Å². The molecule has 0 bridgehead atoms. The molecule has 1 amide bonds. The first kappa shape index (κ1) is 14.7. The summed E-state index contributed by atoms with van der Waals surface area (Å²) in [5, 5.41) is 0. The van der Waals surface area contributed by atoms with Crippen molar-refractivity contribution in [1.29, 1.82) is 0 Å². The molecule has 0 radical (unpaired) electrons. The summed E-state index contributed by atoms with van der Waals surface area (Å²) in [6, 6.07) is 0.442. The average molecular weight is 270 g/mol. The summed E-state index contributed by atoms with van der Waals surface area (Å²) in [4.78, 5) is 18.7. The second-order valence-corrected chi connectivity index (χ2v) is 5.39. The lowest BCUT2D eigenvalue weighted by molar-refractivity contribution is -0.136. The van der Waals surface area contributed by atoms with E-state index in [9.17, 15) is 4.79 Å². The second-order valence-electron chi connectivity index (χ2n) is 5.39. The number of amides is 1. The highest BCUT2D eigenvalue weighted by Gasteiger charge is 2.24. The predicted molar refractivity (Wildman–Crippen MR) is 73.9 cm³/mol. The summed E-state index contributed by atoms with van der Waals surface area (Å²) in [6.07, 6.45) is 0. The molecule has 6 nitrogen and oxygen atoms in total. The third-order valence-electron chi connectivity index (χ3n) is 4.09. The smallest absolute Gasteiger partial charge is 0.236 e. The lowest BCUT2D eigenvalue weighted by atomic mass is 10.2. The van der Waals surface area contributed by atoms with E-state index < -0.39 is 0 Å². The molecule has 2 heterocycles. The number of hydrogen-bond acceptors (Lipinski definition) is 5. The van der Waals surface area contributed by atoms with Crippen LogP contribution in [0.2, 0.25) is 0 Å². The van der Waals surface area contributed by atoms with E-state index in [1.54, 1.807) is 0 Å². The SMILES string of the molecule is CC(CN)N1CCN(CC(=O)N2CCOCC2)CC1. The Kier molecular flexibility index (Phi) is 5.57. The summed E-state index contributed by atoms with van der Waals surface area (Å²) in [6.45, 7) is 10.2. The van der Waals surface area contributed by atoms with Gasteiger partial charge in [-0.05, 0) is 6.92 Å². The minimum Gasteiger partial charge on any atom is -0.378 e. The molecule has 2 rings (SSSR count). The van der Waals surface area contributed by atoms with Crippen LogP contribution in [0, 0.1) is 0 Å². The second kappa shape index (κ2) is 7.19. The fraction of sp³-hybridized carbons (Fsp3) is 0.923. The first-order valence-electron chi connectivity index (χ1n) is 7.22. The summed E-state index contributed by atoms with van der Waals surface area (Å²) in [5.74, 6) is 0.239. The van der Waals surface area contributed by atoms with E-state index in [-0.39, 0.29) is 5.91 Å². The zero-order valence-corrected chi connectivity index (χ0v) is 11.9. The number of carbonyl (C=O) groups excluding carboxylic acids is 1. The van der Waals surface area contributed by atoms with Crippen LogP contribution in [0.25, 0.3) is 0 Å². The molecule has 0 spiro atoms. The van der Waals surface area contributed by atoms with Crippen molar-refractivity contribution in [3.05, 3.63) is 0 Å². The van der Waals surface area contributed by atoms with Gasteiger partial charge in [0.1, 0.15) is 0 Å². The Labute approximate surface area is 115 Å². The van der Waals surface area contributed by atoms with E-state index in [1.807, 2.05) is 4.90 Å². The van der Waals surface area contributed by atoms with Gasteiger partial charge in [-0.2, -0.15) is 0 Å². The maximum absolute atomic E-state index is 12.1. The van der Waals surface area contributed by atoms with Crippen molar-refractivity contribution >= 4 is 5.91 Å². The van der Waals surface area contributed by atoms with Crippen molar-refractivity contribution in [3.63, 3.8) is 0 Å². The van der Waals surface area contributed by atoms with Crippen LogP contribution in [0.15, 0.2) is 0 Å². The van der Waals surface area contributed by atoms with Gasteiger partial charge in [0.25, 0.3) is 0 Å². The minimum absolute atomic E-state index is 0.239. The molecule has 2 N–H and O–H groups in total. The molecule has 0 aromatic carbocycles. The molecule has 0 aliphatic carbocycles. The normalized spacial score (nSPS) is 24.4. The van der Waals surface area contributed by atoms with Crippen molar-refractivity contribution in [3.8, 4) is 0 Å². The maximum Gasteiger partial charge on any atom is 0.236 e. The highest BCUT2D eigenvalue weighted by atomic mass is 16.5. The highest BCUT2D eigenvalue weighted by molar-refractivity contribution is 5.78. The first-order valence-corrected chi connectivity index (χ1v) is 7.22. The van der Waals surface area contributed by atoms with E-state index in [2.05, 4.69) is 16.7 Å². The Morgan fingerprint density at radius 3 is 2.37 bits per heavy atom. The molecule has 1 atom stereocenters. The third kappa shape index (κ3) is 4.14. The van der Waals surface area contributed by atoms with E-state index in [0.717, 1.165) is 39.3 Å². The van der Waals surface area contributed by atoms with E-state index in [4.69, 9.17) is 10.5 Å². The van der Waals surface area contributed by atoms with Crippen molar-refractivity contribution in [2.24, 2.45) is 5.73 Å².